The number of methoxy groups -OCH3 is 1. The van der Waals surface area contributed by atoms with Gasteiger partial charge in [0.1, 0.15) is 16.5 Å². The summed E-state index contributed by atoms with van der Waals surface area (Å²) in [5, 5.41) is 3.37. The molecule has 1 aromatic carbocycles. The third kappa shape index (κ3) is 6.65. The van der Waals surface area contributed by atoms with E-state index in [9.17, 15) is 8.42 Å². The van der Waals surface area contributed by atoms with Crippen LogP contribution in [0, 0.1) is 0 Å². The molecule has 9 heteroatoms. The molecule has 176 valence electrons. The second kappa shape index (κ2) is 11.6. The molecule has 2 N–H and O–H groups in total. The summed E-state index contributed by atoms with van der Waals surface area (Å²) in [6.45, 7) is 7.66. The van der Waals surface area contributed by atoms with Crippen LogP contribution in [-0.2, 0) is 14.8 Å². The van der Waals surface area contributed by atoms with Crippen LogP contribution in [0.4, 0.5) is 5.82 Å². The Labute approximate surface area is 191 Å². The standard InChI is InChI=1S/C23H34N4O4S/c1-4-5-18(2)26-32(28,29)21-10-11-23(24-16-21)25-17-22(27-12-14-31-15-13-27)19-6-8-20(30-3)9-7-19/h6-11,16,18,22,26H,4-5,12-15,17H2,1-3H3,(H,24,25). The van der Waals surface area contributed by atoms with Crippen LogP contribution in [0.25, 0.3) is 0 Å². The fourth-order valence-electron chi connectivity index (χ4n) is 3.84. The minimum absolute atomic E-state index is 0.110. The number of benzene rings is 1. The Balaban J connectivity index is 1.68. The van der Waals surface area contributed by atoms with Gasteiger partial charge in [0.15, 0.2) is 0 Å². The lowest BCUT2D eigenvalue weighted by Gasteiger charge is -2.35. The van der Waals surface area contributed by atoms with Gasteiger partial charge in [-0.25, -0.2) is 18.1 Å². The number of hydrogen-bond donors (Lipinski definition) is 2. The van der Waals surface area contributed by atoms with E-state index in [0.717, 1.165) is 31.7 Å². The van der Waals surface area contributed by atoms with Crippen LogP contribution in [-0.4, -0.2) is 64.3 Å². The van der Waals surface area contributed by atoms with Crippen molar-refractivity contribution in [3.05, 3.63) is 48.2 Å². The second-order valence-corrected chi connectivity index (χ2v) is 9.72. The highest BCUT2D eigenvalue weighted by Gasteiger charge is 2.23. The molecule has 0 amide bonds. The van der Waals surface area contributed by atoms with Gasteiger partial charge in [0.25, 0.3) is 0 Å². The van der Waals surface area contributed by atoms with Crippen molar-refractivity contribution in [2.24, 2.45) is 0 Å². The second-order valence-electron chi connectivity index (χ2n) is 8.01. The van der Waals surface area contributed by atoms with Crippen molar-refractivity contribution in [3.63, 3.8) is 0 Å². The van der Waals surface area contributed by atoms with Crippen molar-refractivity contribution < 1.29 is 17.9 Å². The zero-order valence-corrected chi connectivity index (χ0v) is 19.9. The number of anilines is 1. The summed E-state index contributed by atoms with van der Waals surface area (Å²) in [6.07, 6.45) is 3.12. The highest BCUT2D eigenvalue weighted by atomic mass is 32.2. The van der Waals surface area contributed by atoms with Crippen LogP contribution in [0.5, 0.6) is 5.75 Å². The number of ether oxygens (including phenoxy) is 2. The Morgan fingerprint density at radius 3 is 2.47 bits per heavy atom. The molecule has 0 saturated carbocycles. The minimum Gasteiger partial charge on any atom is -0.497 e. The van der Waals surface area contributed by atoms with E-state index >= 15 is 0 Å². The Morgan fingerprint density at radius 2 is 1.88 bits per heavy atom. The third-order valence-electron chi connectivity index (χ3n) is 5.59. The predicted molar refractivity (Wildman–Crippen MR) is 126 cm³/mol. The van der Waals surface area contributed by atoms with Crippen LogP contribution in [0.1, 0.15) is 38.3 Å². The number of nitrogens with one attached hydrogen (secondary N) is 2. The van der Waals surface area contributed by atoms with E-state index in [1.54, 1.807) is 19.2 Å². The van der Waals surface area contributed by atoms with E-state index in [1.807, 2.05) is 26.0 Å². The van der Waals surface area contributed by atoms with Gasteiger partial charge in [-0.1, -0.05) is 25.5 Å². The van der Waals surface area contributed by atoms with E-state index < -0.39 is 10.0 Å². The quantitative estimate of drug-likeness (QED) is 0.530. The topological polar surface area (TPSA) is 92.8 Å². The molecule has 8 nitrogen and oxygen atoms in total. The van der Waals surface area contributed by atoms with Gasteiger partial charge in [-0.2, -0.15) is 0 Å². The molecule has 0 radical (unpaired) electrons. The van der Waals surface area contributed by atoms with Crippen molar-refractivity contribution in [3.8, 4) is 5.75 Å². The highest BCUT2D eigenvalue weighted by Crippen LogP contribution is 2.25. The molecule has 1 aliphatic heterocycles. The first kappa shape index (κ1) is 24.4. The molecule has 1 saturated heterocycles. The normalized spacial score (nSPS) is 17.0. The highest BCUT2D eigenvalue weighted by molar-refractivity contribution is 7.89. The van der Waals surface area contributed by atoms with Crippen LogP contribution in [0.3, 0.4) is 0 Å². The summed E-state index contributed by atoms with van der Waals surface area (Å²) < 4.78 is 38.6. The van der Waals surface area contributed by atoms with Gasteiger partial charge in [0, 0.05) is 31.9 Å². The van der Waals surface area contributed by atoms with E-state index in [4.69, 9.17) is 9.47 Å². The van der Waals surface area contributed by atoms with Crippen molar-refractivity contribution >= 4 is 15.8 Å². The van der Waals surface area contributed by atoms with Crippen molar-refractivity contribution in [1.29, 1.82) is 0 Å². The molecule has 2 atom stereocenters. The Morgan fingerprint density at radius 1 is 1.16 bits per heavy atom. The first-order valence-electron chi connectivity index (χ1n) is 11.1. The number of nitrogens with zero attached hydrogens (tertiary/aromatic N) is 2. The number of morpholine rings is 1. The average Bonchev–Trinajstić information content (AvgIpc) is 2.80. The first-order valence-corrected chi connectivity index (χ1v) is 12.6. The summed E-state index contributed by atoms with van der Waals surface area (Å²) in [4.78, 5) is 6.90. The maximum atomic E-state index is 12.5. The van der Waals surface area contributed by atoms with Crippen molar-refractivity contribution in [1.82, 2.24) is 14.6 Å². The molecule has 2 heterocycles. The van der Waals surface area contributed by atoms with E-state index in [1.165, 1.54) is 11.8 Å². The summed E-state index contributed by atoms with van der Waals surface area (Å²) >= 11 is 0. The van der Waals surface area contributed by atoms with Crippen LogP contribution in [0.2, 0.25) is 0 Å². The molecule has 1 aliphatic rings. The SMILES string of the molecule is CCCC(C)NS(=O)(=O)c1ccc(NCC(c2ccc(OC)cc2)N2CCOCC2)nc1. The van der Waals surface area contributed by atoms with Gasteiger partial charge in [-0.3, -0.25) is 4.90 Å². The van der Waals surface area contributed by atoms with E-state index in [0.29, 0.717) is 25.6 Å². The minimum atomic E-state index is -3.57. The molecule has 32 heavy (non-hydrogen) atoms. The van der Waals surface area contributed by atoms with Crippen LogP contribution >= 0.6 is 0 Å². The molecule has 1 aromatic heterocycles. The van der Waals surface area contributed by atoms with Crippen molar-refractivity contribution in [2.45, 2.75) is 43.7 Å². The average molecular weight is 463 g/mol. The zero-order chi connectivity index (χ0) is 23.0. The Bertz CT molecular complexity index is 929. The smallest absolute Gasteiger partial charge is 0.242 e. The molecular formula is C23H34N4O4S. The molecule has 0 spiro atoms. The first-order chi connectivity index (χ1) is 15.4. The fraction of sp³-hybridized carbons (Fsp3) is 0.522. The van der Waals surface area contributed by atoms with Gasteiger partial charge in [-0.05, 0) is 43.2 Å². The van der Waals surface area contributed by atoms with Crippen LogP contribution in [0.15, 0.2) is 47.5 Å². The number of pyridine rings is 1. The molecule has 2 aromatic rings. The van der Waals surface area contributed by atoms with Gasteiger partial charge >= 0.3 is 0 Å². The summed E-state index contributed by atoms with van der Waals surface area (Å²) in [7, 11) is -1.91. The predicted octanol–water partition coefficient (Wildman–Crippen LogP) is 3.04. The molecule has 0 bridgehead atoms. The molecule has 3 rings (SSSR count). The lowest BCUT2D eigenvalue weighted by molar-refractivity contribution is 0.0187. The molecule has 1 fully saturated rings. The zero-order valence-electron chi connectivity index (χ0n) is 19.1. The van der Waals surface area contributed by atoms with Gasteiger partial charge in [0.05, 0.1) is 26.4 Å². The van der Waals surface area contributed by atoms with Gasteiger partial charge < -0.3 is 14.8 Å². The van der Waals surface area contributed by atoms with E-state index in [-0.39, 0.29) is 17.0 Å². The largest absolute Gasteiger partial charge is 0.497 e. The molecular weight excluding hydrogens is 428 g/mol. The van der Waals surface area contributed by atoms with Gasteiger partial charge in [-0.15, -0.1) is 0 Å². The fourth-order valence-corrected chi connectivity index (χ4v) is 5.07. The molecule has 2 unspecified atom stereocenters. The lowest BCUT2D eigenvalue weighted by Crippen LogP contribution is -2.41. The van der Waals surface area contributed by atoms with Crippen molar-refractivity contribution in [2.75, 3.05) is 45.3 Å². The maximum absolute atomic E-state index is 12.5. The number of rotatable bonds is 11. The van der Waals surface area contributed by atoms with E-state index in [2.05, 4.69) is 32.1 Å². The number of sulfonamides is 1. The summed E-state index contributed by atoms with van der Waals surface area (Å²) in [5.41, 5.74) is 1.17. The van der Waals surface area contributed by atoms with Gasteiger partial charge in [0.2, 0.25) is 10.0 Å². The number of aromatic nitrogens is 1. The third-order valence-corrected chi connectivity index (χ3v) is 7.16. The monoisotopic (exact) mass is 462 g/mol. The molecule has 0 aliphatic carbocycles. The summed E-state index contributed by atoms with van der Waals surface area (Å²) in [6, 6.07) is 11.4. The maximum Gasteiger partial charge on any atom is 0.242 e. The summed E-state index contributed by atoms with van der Waals surface area (Å²) in [5.74, 6) is 1.46. The lowest BCUT2D eigenvalue weighted by atomic mass is 10.0. The van der Waals surface area contributed by atoms with Crippen LogP contribution < -0.4 is 14.8 Å². The Hall–Kier alpha value is -2.20. The number of hydrogen-bond acceptors (Lipinski definition) is 7. The Kier molecular flexibility index (Phi) is 8.86.